The predicted molar refractivity (Wildman–Crippen MR) is 115 cm³/mol. The summed E-state index contributed by atoms with van der Waals surface area (Å²) in [6, 6.07) is 15.2. The Bertz CT molecular complexity index is 926. The first-order valence-electron chi connectivity index (χ1n) is 9.98. The maximum atomic E-state index is 12.2. The van der Waals surface area contributed by atoms with Crippen LogP contribution in [0.4, 0.5) is 16.2 Å². The van der Waals surface area contributed by atoms with E-state index in [0.29, 0.717) is 0 Å². The third-order valence-corrected chi connectivity index (χ3v) is 5.15. The smallest absolute Gasteiger partial charge is 0.323 e. The molecule has 29 heavy (non-hydrogen) atoms. The lowest BCUT2D eigenvalue weighted by Gasteiger charge is -2.27. The van der Waals surface area contributed by atoms with E-state index in [9.17, 15) is 4.79 Å². The molecule has 3 N–H and O–H groups in total. The topological polar surface area (TPSA) is 74.3 Å². The number of morpholine rings is 1. The summed E-state index contributed by atoms with van der Waals surface area (Å²) in [5.74, 6) is 0. The summed E-state index contributed by atoms with van der Waals surface area (Å²) in [5.41, 5.74) is 4.84. The SMILES string of the molecule is Cc1ccccc1NC(=O)Nc1ccc(-n2cc(CCN3CCOCC3)[nH]2)cc1. The number of rotatable bonds is 6. The highest BCUT2D eigenvalue weighted by molar-refractivity contribution is 6.00. The van der Waals surface area contributed by atoms with Crippen LogP contribution >= 0.6 is 0 Å². The van der Waals surface area contributed by atoms with E-state index >= 15 is 0 Å². The Kier molecular flexibility index (Phi) is 5.97. The fourth-order valence-corrected chi connectivity index (χ4v) is 3.37. The minimum Gasteiger partial charge on any atom is -0.379 e. The van der Waals surface area contributed by atoms with E-state index in [0.717, 1.165) is 61.9 Å². The molecule has 0 aliphatic carbocycles. The van der Waals surface area contributed by atoms with Gasteiger partial charge in [0.25, 0.3) is 0 Å². The number of hydrogen-bond acceptors (Lipinski definition) is 3. The first kappa shape index (κ1) is 19.3. The van der Waals surface area contributed by atoms with Crippen LogP contribution < -0.4 is 10.6 Å². The molecule has 2 amide bonds. The number of H-pyrrole nitrogens is 1. The molecule has 7 nitrogen and oxygen atoms in total. The average Bonchev–Trinajstić information content (AvgIpc) is 2.70. The molecule has 7 heteroatoms. The lowest BCUT2D eigenvalue weighted by atomic mass is 10.2. The van der Waals surface area contributed by atoms with Gasteiger partial charge in [0, 0.05) is 43.6 Å². The highest BCUT2D eigenvalue weighted by atomic mass is 16.5. The number of hydrogen-bond donors (Lipinski definition) is 3. The van der Waals surface area contributed by atoms with Crippen molar-refractivity contribution in [2.45, 2.75) is 13.3 Å². The van der Waals surface area contributed by atoms with Gasteiger partial charge < -0.3 is 15.4 Å². The molecule has 1 aromatic heterocycles. The maximum Gasteiger partial charge on any atom is 0.323 e. The standard InChI is InChI=1S/C22H27N5O2/c1-17-4-2-3-5-21(17)24-22(28)23-18-6-8-20(9-7-18)27-16-19(25-27)10-11-26-12-14-29-15-13-26/h2-9,16,25H,10-15H2,1H3,(H2,23,24,28). The van der Waals surface area contributed by atoms with E-state index in [4.69, 9.17) is 4.74 Å². The zero-order valence-corrected chi connectivity index (χ0v) is 16.6. The van der Waals surface area contributed by atoms with Crippen molar-refractivity contribution in [3.8, 4) is 5.69 Å². The van der Waals surface area contributed by atoms with Crippen molar-refractivity contribution in [2.75, 3.05) is 43.5 Å². The second-order valence-electron chi connectivity index (χ2n) is 7.28. The van der Waals surface area contributed by atoms with Crippen LogP contribution in [0, 0.1) is 6.92 Å². The van der Waals surface area contributed by atoms with Gasteiger partial charge in [-0.05, 0) is 42.8 Å². The molecule has 1 fully saturated rings. The monoisotopic (exact) mass is 393 g/mol. The van der Waals surface area contributed by atoms with Crippen molar-refractivity contribution < 1.29 is 9.53 Å². The minimum absolute atomic E-state index is 0.251. The summed E-state index contributed by atoms with van der Waals surface area (Å²) in [6.45, 7) is 6.72. The van der Waals surface area contributed by atoms with E-state index in [1.807, 2.05) is 60.1 Å². The second kappa shape index (κ2) is 8.98. The highest BCUT2D eigenvalue weighted by Gasteiger charge is 2.12. The average molecular weight is 393 g/mol. The van der Waals surface area contributed by atoms with Gasteiger partial charge in [0.05, 0.1) is 24.6 Å². The van der Waals surface area contributed by atoms with Gasteiger partial charge in [-0.25, -0.2) is 4.79 Å². The van der Waals surface area contributed by atoms with E-state index in [-0.39, 0.29) is 6.03 Å². The fourth-order valence-electron chi connectivity index (χ4n) is 3.37. The van der Waals surface area contributed by atoms with E-state index < -0.39 is 0 Å². The lowest BCUT2D eigenvalue weighted by Crippen LogP contribution is -2.37. The summed E-state index contributed by atoms with van der Waals surface area (Å²) in [7, 11) is 0. The number of para-hydroxylation sites is 1. The Hall–Kier alpha value is -3.03. The summed E-state index contributed by atoms with van der Waals surface area (Å²) in [5, 5.41) is 9.11. The number of aromatic nitrogens is 2. The van der Waals surface area contributed by atoms with Crippen LogP contribution in [0.2, 0.25) is 0 Å². The van der Waals surface area contributed by atoms with Crippen molar-refractivity contribution in [2.24, 2.45) is 0 Å². The fraction of sp³-hybridized carbons (Fsp3) is 0.318. The van der Waals surface area contributed by atoms with Crippen LogP contribution in [-0.4, -0.2) is 53.6 Å². The molecule has 0 atom stereocenters. The first-order valence-corrected chi connectivity index (χ1v) is 9.98. The van der Waals surface area contributed by atoms with Gasteiger partial charge >= 0.3 is 6.03 Å². The number of carbonyl (C=O) groups excluding carboxylic acids is 1. The van der Waals surface area contributed by atoms with Crippen molar-refractivity contribution >= 4 is 17.4 Å². The van der Waals surface area contributed by atoms with Crippen LogP contribution in [0.3, 0.4) is 0 Å². The van der Waals surface area contributed by atoms with Crippen LogP contribution in [0.25, 0.3) is 5.69 Å². The number of nitrogens with zero attached hydrogens (tertiary/aromatic N) is 2. The van der Waals surface area contributed by atoms with Crippen molar-refractivity contribution in [1.82, 2.24) is 14.7 Å². The molecule has 0 saturated carbocycles. The Labute approximate surface area is 170 Å². The number of anilines is 2. The molecule has 1 saturated heterocycles. The Morgan fingerprint density at radius 1 is 1.07 bits per heavy atom. The van der Waals surface area contributed by atoms with E-state index in [2.05, 4.69) is 26.8 Å². The van der Waals surface area contributed by atoms with Crippen molar-refractivity contribution in [1.29, 1.82) is 0 Å². The van der Waals surface area contributed by atoms with Gasteiger partial charge in [0.15, 0.2) is 0 Å². The van der Waals surface area contributed by atoms with Gasteiger partial charge in [-0.15, -0.1) is 0 Å². The van der Waals surface area contributed by atoms with Gasteiger partial charge in [-0.2, -0.15) is 0 Å². The number of carbonyl (C=O) groups is 1. The molecular weight excluding hydrogens is 366 g/mol. The summed E-state index contributed by atoms with van der Waals surface area (Å²) >= 11 is 0. The van der Waals surface area contributed by atoms with Gasteiger partial charge in [0.1, 0.15) is 0 Å². The molecule has 1 aliphatic rings. The zero-order valence-electron chi connectivity index (χ0n) is 16.6. The molecule has 0 bridgehead atoms. The van der Waals surface area contributed by atoms with Crippen molar-refractivity contribution in [3.05, 3.63) is 66.0 Å². The molecule has 2 heterocycles. The minimum atomic E-state index is -0.251. The number of aryl methyl sites for hydroxylation is 1. The largest absolute Gasteiger partial charge is 0.379 e. The van der Waals surface area contributed by atoms with E-state index in [1.54, 1.807) is 0 Å². The Morgan fingerprint density at radius 2 is 1.79 bits per heavy atom. The maximum absolute atomic E-state index is 12.2. The quantitative estimate of drug-likeness (QED) is 0.599. The normalized spacial score (nSPS) is 14.7. The number of nitrogens with one attached hydrogen (secondary N) is 3. The molecule has 0 unspecified atom stereocenters. The predicted octanol–water partition coefficient (Wildman–Crippen LogP) is 3.63. The van der Waals surface area contributed by atoms with Gasteiger partial charge in [-0.1, -0.05) is 18.2 Å². The first-order chi connectivity index (χ1) is 14.2. The van der Waals surface area contributed by atoms with Crippen molar-refractivity contribution in [3.63, 3.8) is 0 Å². The molecular formula is C22H27N5O2. The molecule has 3 aromatic rings. The highest BCUT2D eigenvalue weighted by Crippen LogP contribution is 2.17. The number of amides is 2. The van der Waals surface area contributed by atoms with Crippen LogP contribution in [-0.2, 0) is 11.2 Å². The third-order valence-electron chi connectivity index (χ3n) is 5.15. The molecule has 0 radical (unpaired) electrons. The Morgan fingerprint density at radius 3 is 2.52 bits per heavy atom. The van der Waals surface area contributed by atoms with Gasteiger partial charge in [0.2, 0.25) is 0 Å². The summed E-state index contributed by atoms with van der Waals surface area (Å²) < 4.78 is 7.37. The number of benzene rings is 2. The molecule has 1 aliphatic heterocycles. The number of urea groups is 1. The summed E-state index contributed by atoms with van der Waals surface area (Å²) in [4.78, 5) is 14.6. The third kappa shape index (κ3) is 5.07. The van der Waals surface area contributed by atoms with Gasteiger partial charge in [-0.3, -0.25) is 14.7 Å². The van der Waals surface area contributed by atoms with E-state index in [1.165, 1.54) is 5.69 Å². The van der Waals surface area contributed by atoms with Crippen LogP contribution in [0.15, 0.2) is 54.7 Å². The lowest BCUT2D eigenvalue weighted by molar-refractivity contribution is 0.0382. The zero-order chi connectivity index (χ0) is 20.1. The molecule has 2 aromatic carbocycles. The molecule has 152 valence electrons. The molecule has 4 rings (SSSR count). The second-order valence-corrected chi connectivity index (χ2v) is 7.28. The number of aromatic amines is 1. The van der Waals surface area contributed by atoms with Crippen LogP contribution in [0.1, 0.15) is 11.3 Å². The Balaban J connectivity index is 1.27. The summed E-state index contributed by atoms with van der Waals surface area (Å²) in [6.07, 6.45) is 3.13. The van der Waals surface area contributed by atoms with Crippen LogP contribution in [0.5, 0.6) is 0 Å². The molecule has 0 spiro atoms. The number of ether oxygens (including phenoxy) is 1.